The molecular weight excluding hydrogens is 374 g/mol. The van der Waals surface area contributed by atoms with Gasteiger partial charge in [0, 0.05) is 49.7 Å². The molecule has 2 amide bonds. The van der Waals surface area contributed by atoms with E-state index in [0.717, 1.165) is 30.6 Å². The highest BCUT2D eigenvalue weighted by Crippen LogP contribution is 2.29. The molecule has 2 heterocycles. The van der Waals surface area contributed by atoms with Crippen LogP contribution in [0.1, 0.15) is 40.4 Å². The molecule has 28 heavy (non-hydrogen) atoms. The van der Waals surface area contributed by atoms with E-state index < -0.39 is 0 Å². The first-order valence-electron chi connectivity index (χ1n) is 9.76. The van der Waals surface area contributed by atoms with Crippen LogP contribution in [0.15, 0.2) is 48.5 Å². The minimum atomic E-state index is -0.0984. The first-order chi connectivity index (χ1) is 13.6. The van der Waals surface area contributed by atoms with E-state index in [9.17, 15) is 9.59 Å². The zero-order valence-electron chi connectivity index (χ0n) is 15.7. The van der Waals surface area contributed by atoms with Gasteiger partial charge in [0.05, 0.1) is 6.04 Å². The quantitative estimate of drug-likeness (QED) is 0.861. The number of carbonyl (C=O) groups is 2. The lowest BCUT2D eigenvalue weighted by Gasteiger charge is -2.37. The van der Waals surface area contributed by atoms with Crippen LogP contribution in [0.4, 0.5) is 0 Å². The zero-order chi connectivity index (χ0) is 19.5. The molecule has 2 aliphatic rings. The second kappa shape index (κ2) is 8.33. The van der Waals surface area contributed by atoms with Gasteiger partial charge in [0.2, 0.25) is 5.91 Å². The van der Waals surface area contributed by atoms with Gasteiger partial charge in [-0.1, -0.05) is 41.9 Å². The first-order valence-corrected chi connectivity index (χ1v) is 10.1. The lowest BCUT2D eigenvalue weighted by molar-refractivity contribution is -0.128. The number of hydrogen-bond acceptors (Lipinski definition) is 3. The standard InChI is InChI=1S/C22H24ClN3O2/c23-19-8-2-1-7-18(19)20-14-24-10-12-26(20)22(28)17-6-3-5-16(13-17)15-25-11-4-9-21(25)27/h1-3,5-8,13,20,24H,4,9-12,14-15H2. The topological polar surface area (TPSA) is 52.7 Å². The van der Waals surface area contributed by atoms with E-state index in [1.165, 1.54) is 0 Å². The van der Waals surface area contributed by atoms with Crippen LogP contribution < -0.4 is 5.32 Å². The van der Waals surface area contributed by atoms with E-state index >= 15 is 0 Å². The van der Waals surface area contributed by atoms with Crippen LogP contribution in [0.3, 0.4) is 0 Å². The molecule has 0 aromatic heterocycles. The predicted octanol–water partition coefficient (Wildman–Crippen LogP) is 3.25. The number of amides is 2. The normalized spacial score (nSPS) is 19.9. The summed E-state index contributed by atoms with van der Waals surface area (Å²) in [5.41, 5.74) is 2.61. The second-order valence-electron chi connectivity index (χ2n) is 7.36. The molecule has 1 atom stereocenters. The molecule has 2 aliphatic heterocycles. The van der Waals surface area contributed by atoms with Crippen molar-refractivity contribution in [3.8, 4) is 0 Å². The van der Waals surface area contributed by atoms with E-state index in [0.29, 0.717) is 36.6 Å². The van der Waals surface area contributed by atoms with Crippen LogP contribution in [0.25, 0.3) is 0 Å². The highest BCUT2D eigenvalue weighted by Gasteiger charge is 2.30. The number of benzene rings is 2. The van der Waals surface area contributed by atoms with Gasteiger partial charge in [0.25, 0.3) is 5.91 Å². The number of nitrogens with one attached hydrogen (secondary N) is 1. The third kappa shape index (κ3) is 3.91. The average molecular weight is 398 g/mol. The van der Waals surface area contributed by atoms with Gasteiger partial charge in [-0.2, -0.15) is 0 Å². The molecule has 0 bridgehead atoms. The Morgan fingerprint density at radius 1 is 1.14 bits per heavy atom. The van der Waals surface area contributed by atoms with Crippen molar-refractivity contribution in [3.05, 3.63) is 70.2 Å². The van der Waals surface area contributed by atoms with E-state index in [-0.39, 0.29) is 17.9 Å². The van der Waals surface area contributed by atoms with Crippen LogP contribution >= 0.6 is 11.6 Å². The third-order valence-corrected chi connectivity index (χ3v) is 5.83. The summed E-state index contributed by atoms with van der Waals surface area (Å²) in [4.78, 5) is 29.0. The molecule has 0 saturated carbocycles. The second-order valence-corrected chi connectivity index (χ2v) is 7.77. The van der Waals surface area contributed by atoms with Crippen molar-refractivity contribution in [2.24, 2.45) is 0 Å². The molecule has 1 unspecified atom stereocenters. The Hall–Kier alpha value is -2.37. The number of piperazine rings is 1. The van der Waals surface area contributed by atoms with Crippen molar-refractivity contribution < 1.29 is 9.59 Å². The molecule has 2 saturated heterocycles. The fourth-order valence-electron chi connectivity index (χ4n) is 4.03. The number of halogens is 1. The van der Waals surface area contributed by atoms with E-state index in [1.807, 2.05) is 58.3 Å². The van der Waals surface area contributed by atoms with Gasteiger partial charge < -0.3 is 15.1 Å². The molecule has 4 rings (SSSR count). The fourth-order valence-corrected chi connectivity index (χ4v) is 4.29. The summed E-state index contributed by atoms with van der Waals surface area (Å²) in [5, 5.41) is 4.04. The van der Waals surface area contributed by atoms with Crippen molar-refractivity contribution in [2.75, 3.05) is 26.2 Å². The minimum Gasteiger partial charge on any atom is -0.338 e. The largest absolute Gasteiger partial charge is 0.338 e. The Morgan fingerprint density at radius 3 is 2.79 bits per heavy atom. The van der Waals surface area contributed by atoms with Crippen LogP contribution in [-0.4, -0.2) is 47.8 Å². The van der Waals surface area contributed by atoms with Crippen LogP contribution in [0, 0.1) is 0 Å². The molecule has 1 N–H and O–H groups in total. The fraction of sp³-hybridized carbons (Fsp3) is 0.364. The molecule has 0 radical (unpaired) electrons. The summed E-state index contributed by atoms with van der Waals surface area (Å²) in [7, 11) is 0. The number of nitrogens with zero attached hydrogens (tertiary/aromatic N) is 2. The summed E-state index contributed by atoms with van der Waals surface area (Å²) >= 11 is 6.40. The molecule has 5 nitrogen and oxygen atoms in total. The van der Waals surface area contributed by atoms with Crippen molar-refractivity contribution in [1.82, 2.24) is 15.1 Å². The van der Waals surface area contributed by atoms with Gasteiger partial charge >= 0.3 is 0 Å². The maximum absolute atomic E-state index is 13.3. The van der Waals surface area contributed by atoms with Gasteiger partial charge in [0.15, 0.2) is 0 Å². The molecule has 2 aromatic carbocycles. The minimum absolute atomic E-state index is 0.000943. The summed E-state index contributed by atoms with van der Waals surface area (Å²) < 4.78 is 0. The van der Waals surface area contributed by atoms with Gasteiger partial charge in [-0.3, -0.25) is 9.59 Å². The number of hydrogen-bond donors (Lipinski definition) is 1. The predicted molar refractivity (Wildman–Crippen MR) is 109 cm³/mol. The Morgan fingerprint density at radius 2 is 2.00 bits per heavy atom. The van der Waals surface area contributed by atoms with E-state index in [4.69, 9.17) is 11.6 Å². The highest BCUT2D eigenvalue weighted by atomic mass is 35.5. The summed E-state index contributed by atoms with van der Waals surface area (Å²) in [6.07, 6.45) is 1.54. The number of rotatable bonds is 4. The van der Waals surface area contributed by atoms with Gasteiger partial charge in [-0.25, -0.2) is 0 Å². The first kappa shape index (κ1) is 19.0. The molecule has 2 fully saturated rings. The smallest absolute Gasteiger partial charge is 0.254 e. The maximum Gasteiger partial charge on any atom is 0.254 e. The van der Waals surface area contributed by atoms with E-state index in [2.05, 4.69) is 5.32 Å². The number of likely N-dealkylation sites (tertiary alicyclic amines) is 1. The maximum atomic E-state index is 13.3. The lowest BCUT2D eigenvalue weighted by atomic mass is 10.0. The van der Waals surface area contributed by atoms with Crippen molar-refractivity contribution in [2.45, 2.75) is 25.4 Å². The molecule has 146 valence electrons. The van der Waals surface area contributed by atoms with Gasteiger partial charge in [-0.15, -0.1) is 0 Å². The Balaban J connectivity index is 1.56. The average Bonchev–Trinajstić information content (AvgIpc) is 3.12. The third-order valence-electron chi connectivity index (χ3n) is 5.49. The van der Waals surface area contributed by atoms with Crippen molar-refractivity contribution in [3.63, 3.8) is 0 Å². The monoisotopic (exact) mass is 397 g/mol. The molecule has 6 heteroatoms. The number of carbonyl (C=O) groups excluding carboxylic acids is 2. The van der Waals surface area contributed by atoms with Gasteiger partial charge in [-0.05, 0) is 35.7 Å². The molecule has 0 spiro atoms. The molecule has 0 aliphatic carbocycles. The summed E-state index contributed by atoms with van der Waals surface area (Å²) in [6.45, 7) is 3.43. The summed E-state index contributed by atoms with van der Waals surface area (Å²) in [6, 6.07) is 15.2. The Labute approximate surface area is 170 Å². The Kier molecular flexibility index (Phi) is 5.64. The van der Waals surface area contributed by atoms with Crippen LogP contribution in [-0.2, 0) is 11.3 Å². The van der Waals surface area contributed by atoms with Gasteiger partial charge in [0.1, 0.15) is 0 Å². The Bertz CT molecular complexity index is 886. The van der Waals surface area contributed by atoms with Crippen LogP contribution in [0.5, 0.6) is 0 Å². The van der Waals surface area contributed by atoms with Crippen molar-refractivity contribution in [1.29, 1.82) is 0 Å². The molecule has 2 aromatic rings. The van der Waals surface area contributed by atoms with Crippen LogP contribution in [0.2, 0.25) is 5.02 Å². The van der Waals surface area contributed by atoms with E-state index in [1.54, 1.807) is 0 Å². The molecular formula is C22H24ClN3O2. The highest BCUT2D eigenvalue weighted by molar-refractivity contribution is 6.31. The summed E-state index contributed by atoms with van der Waals surface area (Å²) in [5.74, 6) is 0.193. The SMILES string of the molecule is O=C1CCCN1Cc1cccc(C(=O)N2CCNCC2c2ccccc2Cl)c1. The zero-order valence-corrected chi connectivity index (χ0v) is 16.5. The lowest BCUT2D eigenvalue weighted by Crippen LogP contribution is -2.48. The van der Waals surface area contributed by atoms with Crippen molar-refractivity contribution >= 4 is 23.4 Å².